The normalized spacial score (nSPS) is 20.0. The van der Waals surface area contributed by atoms with Gasteiger partial charge in [-0.05, 0) is 30.2 Å². The summed E-state index contributed by atoms with van der Waals surface area (Å²) in [4.78, 5) is 17.1. The van der Waals surface area contributed by atoms with Crippen molar-refractivity contribution in [3.05, 3.63) is 59.7 Å². The fourth-order valence-corrected chi connectivity index (χ4v) is 3.50. The SMILES string of the molecule is Cc1ccccc1CN1CCN(C(=O)C2COc3ccccc3O2)CC1. The highest BCUT2D eigenvalue weighted by Gasteiger charge is 2.32. The van der Waals surface area contributed by atoms with E-state index in [9.17, 15) is 4.79 Å². The first-order chi connectivity index (χ1) is 12.7. The molecule has 2 aliphatic heterocycles. The number of fused-ring (bicyclic) bond motifs is 1. The third kappa shape index (κ3) is 3.53. The van der Waals surface area contributed by atoms with Crippen LogP contribution in [0.2, 0.25) is 0 Å². The molecule has 0 aromatic heterocycles. The second-order valence-corrected chi connectivity index (χ2v) is 6.89. The molecule has 5 heteroatoms. The predicted octanol–water partition coefficient (Wildman–Crippen LogP) is 2.48. The van der Waals surface area contributed by atoms with Crippen LogP contribution in [0, 0.1) is 6.92 Å². The number of amides is 1. The van der Waals surface area contributed by atoms with E-state index in [1.165, 1.54) is 11.1 Å². The molecule has 4 rings (SSSR count). The lowest BCUT2D eigenvalue weighted by Gasteiger charge is -2.37. The lowest BCUT2D eigenvalue weighted by Crippen LogP contribution is -2.53. The maximum absolute atomic E-state index is 12.8. The van der Waals surface area contributed by atoms with Crippen molar-refractivity contribution in [2.45, 2.75) is 19.6 Å². The fourth-order valence-electron chi connectivity index (χ4n) is 3.50. The largest absolute Gasteiger partial charge is 0.485 e. The molecule has 2 aromatic rings. The second kappa shape index (κ2) is 7.38. The number of hydrogen-bond donors (Lipinski definition) is 0. The highest BCUT2D eigenvalue weighted by molar-refractivity contribution is 5.82. The lowest BCUT2D eigenvalue weighted by atomic mass is 10.1. The summed E-state index contributed by atoms with van der Waals surface area (Å²) in [7, 11) is 0. The Balaban J connectivity index is 1.32. The molecule has 26 heavy (non-hydrogen) atoms. The van der Waals surface area contributed by atoms with Crippen molar-refractivity contribution in [1.82, 2.24) is 9.80 Å². The van der Waals surface area contributed by atoms with E-state index in [1.54, 1.807) is 0 Å². The highest BCUT2D eigenvalue weighted by Crippen LogP contribution is 2.31. The van der Waals surface area contributed by atoms with Gasteiger partial charge in [-0.15, -0.1) is 0 Å². The monoisotopic (exact) mass is 352 g/mol. The Labute approximate surface area is 154 Å². The van der Waals surface area contributed by atoms with E-state index >= 15 is 0 Å². The van der Waals surface area contributed by atoms with Gasteiger partial charge >= 0.3 is 0 Å². The summed E-state index contributed by atoms with van der Waals surface area (Å²) in [5, 5.41) is 0. The average Bonchev–Trinajstić information content (AvgIpc) is 2.69. The van der Waals surface area contributed by atoms with Crippen molar-refractivity contribution in [1.29, 1.82) is 0 Å². The summed E-state index contributed by atoms with van der Waals surface area (Å²) in [5.41, 5.74) is 2.67. The minimum absolute atomic E-state index is 0.0232. The molecule has 2 heterocycles. The average molecular weight is 352 g/mol. The van der Waals surface area contributed by atoms with Gasteiger partial charge in [0.15, 0.2) is 11.5 Å². The van der Waals surface area contributed by atoms with Crippen LogP contribution in [-0.4, -0.2) is 54.6 Å². The molecule has 2 aromatic carbocycles. The number of carbonyl (C=O) groups excluding carboxylic acids is 1. The number of carbonyl (C=O) groups is 1. The molecule has 2 aliphatic rings. The Morgan fingerprint density at radius 2 is 1.69 bits per heavy atom. The van der Waals surface area contributed by atoms with E-state index < -0.39 is 6.10 Å². The first kappa shape index (κ1) is 16.9. The summed E-state index contributed by atoms with van der Waals surface area (Å²) in [6.07, 6.45) is -0.548. The second-order valence-electron chi connectivity index (χ2n) is 6.89. The first-order valence-corrected chi connectivity index (χ1v) is 9.15. The molecular formula is C21H24N2O3. The van der Waals surface area contributed by atoms with E-state index in [0.29, 0.717) is 11.5 Å². The molecule has 0 radical (unpaired) electrons. The molecule has 0 bridgehead atoms. The van der Waals surface area contributed by atoms with Gasteiger partial charge in [0.05, 0.1) is 0 Å². The number of hydrogen-bond acceptors (Lipinski definition) is 4. The van der Waals surface area contributed by atoms with Gasteiger partial charge in [0.2, 0.25) is 6.10 Å². The standard InChI is InChI=1S/C21H24N2O3/c1-16-6-2-3-7-17(16)14-22-10-12-23(13-11-22)21(24)20-15-25-18-8-4-5-9-19(18)26-20/h2-9,20H,10-15H2,1H3. The van der Waals surface area contributed by atoms with Crippen LogP contribution in [0.1, 0.15) is 11.1 Å². The van der Waals surface area contributed by atoms with Crippen LogP contribution < -0.4 is 9.47 Å². The van der Waals surface area contributed by atoms with Crippen LogP contribution in [0.3, 0.4) is 0 Å². The van der Waals surface area contributed by atoms with Gasteiger partial charge in [-0.3, -0.25) is 9.69 Å². The highest BCUT2D eigenvalue weighted by atomic mass is 16.6. The van der Waals surface area contributed by atoms with Gasteiger partial charge in [0.1, 0.15) is 6.61 Å². The molecule has 5 nitrogen and oxygen atoms in total. The molecule has 1 unspecified atom stereocenters. The molecule has 0 N–H and O–H groups in total. The Morgan fingerprint density at radius 3 is 2.46 bits per heavy atom. The number of aryl methyl sites for hydroxylation is 1. The van der Waals surface area contributed by atoms with Crippen LogP contribution in [0.4, 0.5) is 0 Å². The fraction of sp³-hybridized carbons (Fsp3) is 0.381. The minimum Gasteiger partial charge on any atom is -0.485 e. The summed E-state index contributed by atoms with van der Waals surface area (Å²) in [6.45, 7) is 6.57. The van der Waals surface area contributed by atoms with Crippen molar-refractivity contribution < 1.29 is 14.3 Å². The van der Waals surface area contributed by atoms with Crippen molar-refractivity contribution in [2.75, 3.05) is 32.8 Å². The van der Waals surface area contributed by atoms with Gasteiger partial charge in [-0.1, -0.05) is 36.4 Å². The summed E-state index contributed by atoms with van der Waals surface area (Å²) >= 11 is 0. The summed E-state index contributed by atoms with van der Waals surface area (Å²) < 4.78 is 11.5. The van der Waals surface area contributed by atoms with E-state index in [4.69, 9.17) is 9.47 Å². The van der Waals surface area contributed by atoms with Crippen molar-refractivity contribution >= 4 is 5.91 Å². The number of piperazine rings is 1. The number of rotatable bonds is 3. The van der Waals surface area contributed by atoms with Crippen LogP contribution >= 0.6 is 0 Å². The third-order valence-corrected chi connectivity index (χ3v) is 5.12. The summed E-state index contributed by atoms with van der Waals surface area (Å²) in [6, 6.07) is 16.0. The number of benzene rings is 2. The molecule has 136 valence electrons. The van der Waals surface area contributed by atoms with Crippen LogP contribution in [0.25, 0.3) is 0 Å². The molecule has 0 saturated carbocycles. The molecule has 1 atom stereocenters. The first-order valence-electron chi connectivity index (χ1n) is 9.15. The predicted molar refractivity (Wildman–Crippen MR) is 99.4 cm³/mol. The van der Waals surface area contributed by atoms with Gasteiger partial charge in [0, 0.05) is 32.7 Å². The Morgan fingerprint density at radius 1 is 1.00 bits per heavy atom. The van der Waals surface area contributed by atoms with E-state index in [-0.39, 0.29) is 12.5 Å². The van der Waals surface area contributed by atoms with Crippen molar-refractivity contribution in [2.24, 2.45) is 0 Å². The lowest BCUT2D eigenvalue weighted by molar-refractivity contribution is -0.143. The molecular weight excluding hydrogens is 328 g/mol. The number of para-hydroxylation sites is 2. The van der Waals surface area contributed by atoms with Crippen LogP contribution in [-0.2, 0) is 11.3 Å². The minimum atomic E-state index is -0.548. The Kier molecular flexibility index (Phi) is 4.80. The molecule has 1 amide bonds. The molecule has 0 aliphatic carbocycles. The molecule has 1 fully saturated rings. The van der Waals surface area contributed by atoms with Gasteiger partial charge < -0.3 is 14.4 Å². The zero-order valence-corrected chi connectivity index (χ0v) is 15.1. The quantitative estimate of drug-likeness (QED) is 0.851. The van der Waals surface area contributed by atoms with E-state index in [1.807, 2.05) is 29.2 Å². The van der Waals surface area contributed by atoms with Crippen molar-refractivity contribution in [3.63, 3.8) is 0 Å². The van der Waals surface area contributed by atoms with Gasteiger partial charge in [-0.25, -0.2) is 0 Å². The Hall–Kier alpha value is -2.53. The van der Waals surface area contributed by atoms with Gasteiger partial charge in [0.25, 0.3) is 5.91 Å². The van der Waals surface area contributed by atoms with E-state index in [0.717, 1.165) is 32.7 Å². The maximum atomic E-state index is 12.8. The molecule has 1 saturated heterocycles. The Bertz CT molecular complexity index is 784. The zero-order valence-electron chi connectivity index (χ0n) is 15.1. The van der Waals surface area contributed by atoms with Gasteiger partial charge in [-0.2, -0.15) is 0 Å². The van der Waals surface area contributed by atoms with Crippen molar-refractivity contribution in [3.8, 4) is 11.5 Å². The molecule has 0 spiro atoms. The third-order valence-electron chi connectivity index (χ3n) is 5.12. The maximum Gasteiger partial charge on any atom is 0.267 e. The number of ether oxygens (including phenoxy) is 2. The topological polar surface area (TPSA) is 42.0 Å². The smallest absolute Gasteiger partial charge is 0.267 e. The summed E-state index contributed by atoms with van der Waals surface area (Å²) in [5.74, 6) is 1.38. The van der Waals surface area contributed by atoms with E-state index in [2.05, 4.69) is 36.1 Å². The zero-order chi connectivity index (χ0) is 17.9. The number of nitrogens with zero attached hydrogens (tertiary/aromatic N) is 2. The van der Waals surface area contributed by atoms with Crippen LogP contribution in [0.15, 0.2) is 48.5 Å². The van der Waals surface area contributed by atoms with Crippen LogP contribution in [0.5, 0.6) is 11.5 Å².